The van der Waals surface area contributed by atoms with Gasteiger partial charge in [-0.1, -0.05) is 5.92 Å². The Bertz CT molecular complexity index is 1140. The maximum Gasteiger partial charge on any atom is 0.490 e. The number of phosphoric acid groups is 3. The molecule has 1 saturated heterocycles. The maximum atomic E-state index is 14.7. The number of nitrogens with two attached hydrogens (primary N) is 1. The van der Waals surface area contributed by atoms with Crippen LogP contribution in [-0.2, 0) is 31.6 Å². The first-order valence-electron chi connectivity index (χ1n) is 7.72. The first kappa shape index (κ1) is 27.1. The van der Waals surface area contributed by atoms with Crippen molar-refractivity contribution in [2.24, 2.45) is 0 Å². The molecule has 0 amide bonds. The number of aliphatic hydroxyl groups is 1. The molecular weight excluding hydrogens is 529 g/mol. The molecule has 0 radical (unpaired) electrons. The van der Waals surface area contributed by atoms with Crippen LogP contribution >= 0.6 is 35.7 Å². The average Bonchev–Trinajstić information content (AvgIpc) is 2.85. The molecule has 1 aliphatic heterocycles. The number of halogens is 2. The number of hydrogen-bond acceptors (Lipinski definition) is 11. The lowest BCUT2D eigenvalue weighted by Gasteiger charge is -2.27. The molecule has 7 N–H and O–H groups in total. The van der Waals surface area contributed by atoms with Gasteiger partial charge in [0.15, 0.2) is 29.6 Å². The van der Waals surface area contributed by atoms with Gasteiger partial charge in [-0.05, 0) is 12.2 Å². The lowest BCUT2D eigenvalue weighted by molar-refractivity contribution is -0.0902. The summed E-state index contributed by atoms with van der Waals surface area (Å²) in [7, 11) is -17.2. The van der Waals surface area contributed by atoms with Crippen LogP contribution in [0.2, 0.25) is 0 Å². The minimum Gasteiger partial charge on any atom is -0.386 e. The van der Waals surface area contributed by atoms with Crippen molar-refractivity contribution in [3.8, 4) is 12.3 Å². The molecule has 1 fully saturated rings. The summed E-state index contributed by atoms with van der Waals surface area (Å²) < 4.78 is 78.9. The molecule has 2 heterocycles. The Morgan fingerprint density at radius 2 is 1.91 bits per heavy atom. The summed E-state index contributed by atoms with van der Waals surface area (Å²) in [6, 6.07) is 0. The highest BCUT2D eigenvalue weighted by atomic mass is 32.1. The van der Waals surface area contributed by atoms with Crippen molar-refractivity contribution < 1.29 is 65.0 Å². The molecule has 1 aliphatic rings. The second-order valence-electron chi connectivity index (χ2n) is 5.96. The van der Waals surface area contributed by atoms with Crippen molar-refractivity contribution in [3.05, 3.63) is 16.8 Å². The lowest BCUT2D eigenvalue weighted by Crippen LogP contribution is -2.44. The van der Waals surface area contributed by atoms with Gasteiger partial charge in [0, 0.05) is 6.20 Å². The Kier molecular flexibility index (Phi) is 7.83. The Morgan fingerprint density at radius 3 is 2.44 bits per heavy atom. The number of aromatic nitrogens is 2. The highest BCUT2D eigenvalue weighted by Crippen LogP contribution is 2.66. The highest BCUT2D eigenvalue weighted by molar-refractivity contribution is 7.71. The van der Waals surface area contributed by atoms with E-state index in [1.807, 2.05) is 0 Å². The monoisotopic (exact) mass is 543 g/mol. The maximum absolute atomic E-state index is 14.7. The molecule has 0 saturated carbocycles. The fourth-order valence-electron chi connectivity index (χ4n) is 2.37. The SMILES string of the molecule is C#C[C@]1(COP(=O)(O)OP(=O)(O)OP(=O)(O)O)O[C@@H](n2cc(F)c(N)nc2=S)[C@@H](F)C1O. The van der Waals surface area contributed by atoms with Gasteiger partial charge in [-0.25, -0.2) is 22.5 Å². The average molecular weight is 543 g/mol. The van der Waals surface area contributed by atoms with Crippen LogP contribution in [0.5, 0.6) is 0 Å². The number of nitrogen functional groups attached to an aromatic ring is 1. The Morgan fingerprint density at radius 1 is 1.31 bits per heavy atom. The Labute approximate surface area is 182 Å². The normalized spacial score (nSPS) is 29.8. The van der Waals surface area contributed by atoms with Crippen LogP contribution in [0, 0.1) is 22.9 Å². The predicted octanol–water partition coefficient (Wildman–Crippen LogP) is 0.277. The third kappa shape index (κ3) is 6.25. The zero-order chi connectivity index (χ0) is 24.7. The fraction of sp³-hybridized carbons (Fsp3) is 0.455. The number of ether oxygens (including phenoxy) is 1. The van der Waals surface area contributed by atoms with Crippen LogP contribution in [0.4, 0.5) is 14.6 Å². The van der Waals surface area contributed by atoms with Gasteiger partial charge >= 0.3 is 23.5 Å². The molecule has 180 valence electrons. The first-order valence-corrected chi connectivity index (χ1v) is 12.7. The number of phosphoric ester groups is 1. The van der Waals surface area contributed by atoms with Crippen LogP contribution in [-0.4, -0.2) is 58.7 Å². The van der Waals surface area contributed by atoms with Gasteiger partial charge in [0.05, 0.1) is 0 Å². The Balaban J connectivity index is 2.25. The second kappa shape index (κ2) is 9.24. The van der Waals surface area contributed by atoms with Gasteiger partial charge < -0.3 is 35.2 Å². The molecule has 15 nitrogen and oxygen atoms in total. The van der Waals surface area contributed by atoms with E-state index in [0.717, 1.165) is 0 Å². The molecule has 0 aliphatic carbocycles. The summed E-state index contributed by atoms with van der Waals surface area (Å²) in [5.74, 6) is 0.0339. The number of rotatable bonds is 8. The zero-order valence-corrected chi connectivity index (χ0v) is 18.7. The van der Waals surface area contributed by atoms with E-state index < -0.39 is 70.6 Å². The molecular formula is C11H14F2N3O12P3S. The van der Waals surface area contributed by atoms with Crippen molar-refractivity contribution in [1.82, 2.24) is 9.55 Å². The number of nitrogens with zero attached hydrogens (tertiary/aromatic N) is 2. The summed E-state index contributed by atoms with van der Waals surface area (Å²) in [4.78, 5) is 39.0. The predicted molar refractivity (Wildman–Crippen MR) is 99.8 cm³/mol. The van der Waals surface area contributed by atoms with Crippen LogP contribution in [0.25, 0.3) is 0 Å². The van der Waals surface area contributed by atoms with Gasteiger partial charge in [0.1, 0.15) is 12.7 Å². The number of alkyl halides is 1. The molecule has 6 atom stereocenters. The minimum atomic E-state index is -5.84. The number of hydrogen-bond donors (Lipinski definition) is 6. The quantitative estimate of drug-likeness (QED) is 0.147. The van der Waals surface area contributed by atoms with E-state index in [0.29, 0.717) is 10.8 Å². The van der Waals surface area contributed by atoms with Crippen molar-refractivity contribution in [3.63, 3.8) is 0 Å². The molecule has 0 bridgehead atoms. The van der Waals surface area contributed by atoms with Crippen LogP contribution in [0.15, 0.2) is 6.20 Å². The Hall–Kier alpha value is -1.15. The van der Waals surface area contributed by atoms with Gasteiger partial charge in [-0.15, -0.1) is 6.42 Å². The van der Waals surface area contributed by atoms with E-state index in [1.165, 1.54) is 0 Å². The van der Waals surface area contributed by atoms with Gasteiger partial charge in [-0.2, -0.15) is 13.6 Å². The molecule has 1 aromatic heterocycles. The molecule has 0 aromatic carbocycles. The zero-order valence-electron chi connectivity index (χ0n) is 15.2. The van der Waals surface area contributed by atoms with Crippen LogP contribution < -0.4 is 5.73 Å². The number of anilines is 1. The number of aliphatic hydroxyl groups excluding tert-OH is 1. The molecule has 1 aromatic rings. The van der Waals surface area contributed by atoms with Crippen molar-refractivity contribution in [1.29, 1.82) is 0 Å². The molecule has 32 heavy (non-hydrogen) atoms. The smallest absolute Gasteiger partial charge is 0.386 e. The lowest BCUT2D eigenvalue weighted by atomic mass is 9.98. The van der Waals surface area contributed by atoms with E-state index >= 15 is 0 Å². The summed E-state index contributed by atoms with van der Waals surface area (Å²) in [6.45, 7) is -1.37. The topological polar surface area (TPSA) is 233 Å². The van der Waals surface area contributed by atoms with Gasteiger partial charge in [0.25, 0.3) is 0 Å². The highest BCUT2D eigenvalue weighted by Gasteiger charge is 2.57. The molecule has 21 heteroatoms. The van der Waals surface area contributed by atoms with E-state index in [4.69, 9.17) is 43.8 Å². The summed E-state index contributed by atoms with van der Waals surface area (Å²) >= 11 is 4.82. The first-order chi connectivity index (χ1) is 14.4. The summed E-state index contributed by atoms with van der Waals surface area (Å²) in [6.07, 6.45) is -0.801. The van der Waals surface area contributed by atoms with Gasteiger partial charge in [0.2, 0.25) is 4.77 Å². The molecule has 3 unspecified atom stereocenters. The largest absolute Gasteiger partial charge is 0.490 e. The van der Waals surface area contributed by atoms with E-state index in [2.05, 4.69) is 18.1 Å². The summed E-state index contributed by atoms with van der Waals surface area (Å²) in [5, 5.41) is 10.2. The molecule has 2 rings (SSSR count). The fourth-order valence-corrected chi connectivity index (χ4v) is 5.68. The molecule has 0 spiro atoms. The van der Waals surface area contributed by atoms with Crippen molar-refractivity contribution in [2.75, 3.05) is 12.3 Å². The van der Waals surface area contributed by atoms with E-state index in [9.17, 15) is 32.5 Å². The third-order valence-electron chi connectivity index (χ3n) is 3.69. The number of terminal acetylenes is 1. The van der Waals surface area contributed by atoms with Crippen molar-refractivity contribution in [2.45, 2.75) is 24.1 Å². The standard InChI is InChI=1S/C11H14F2N3O12P3S/c1-2-11(4-25-30(21,22)28-31(23,24)27-29(18,19)20)7(17)6(13)9(26-11)16-3-5(12)8(14)15-10(16)32/h1,3,6-7,9,17H,4H2,(H,21,22)(H,23,24)(H2,14,15,32)(H2,18,19,20)/t6-,7?,9+,11+/m0/s1. The van der Waals surface area contributed by atoms with Crippen LogP contribution in [0.1, 0.15) is 6.23 Å². The third-order valence-corrected chi connectivity index (χ3v) is 7.78. The van der Waals surface area contributed by atoms with Crippen LogP contribution in [0.3, 0.4) is 0 Å². The summed E-state index contributed by atoms with van der Waals surface area (Å²) in [5.41, 5.74) is 2.68. The van der Waals surface area contributed by atoms with E-state index in [1.54, 1.807) is 5.92 Å². The van der Waals surface area contributed by atoms with E-state index in [-0.39, 0.29) is 0 Å². The van der Waals surface area contributed by atoms with Gasteiger partial charge in [-0.3, -0.25) is 9.09 Å². The minimum absolute atomic E-state index is 0.482. The van der Waals surface area contributed by atoms with Crippen molar-refractivity contribution >= 4 is 41.5 Å². The second-order valence-corrected chi connectivity index (χ2v) is 10.7.